The van der Waals surface area contributed by atoms with Crippen LogP contribution < -0.4 is 0 Å². The van der Waals surface area contributed by atoms with E-state index in [2.05, 4.69) is 5.10 Å². The summed E-state index contributed by atoms with van der Waals surface area (Å²) in [4.78, 5) is 10.9. The van der Waals surface area contributed by atoms with Crippen LogP contribution in [-0.2, 0) is 7.05 Å². The molecule has 0 saturated heterocycles. The minimum absolute atomic E-state index is 0.291. The van der Waals surface area contributed by atoms with Gasteiger partial charge >= 0.3 is 5.97 Å². The topological polar surface area (TPSA) is 55.1 Å². The van der Waals surface area contributed by atoms with Gasteiger partial charge in [-0.3, -0.25) is 4.68 Å². The number of carboxylic acid groups (broad SMARTS) is 1. The van der Waals surface area contributed by atoms with E-state index in [1.54, 1.807) is 13.1 Å². The Kier molecular flexibility index (Phi) is 3.27. The molecule has 0 aromatic carbocycles. The zero-order chi connectivity index (χ0) is 11.5. The lowest BCUT2D eigenvalue weighted by Gasteiger charge is -2.09. The standard InChI is InChI=1S/C12H18N2O2/c1-14-11(12(15)16)8-10(13-14)9-6-4-2-3-5-7-9/h8-9H,2-7H2,1H3,(H,15,16). The number of aromatic nitrogens is 2. The fourth-order valence-electron chi connectivity index (χ4n) is 2.46. The summed E-state index contributed by atoms with van der Waals surface area (Å²) < 4.78 is 1.47. The van der Waals surface area contributed by atoms with Gasteiger partial charge in [-0.15, -0.1) is 0 Å². The Balaban J connectivity index is 2.19. The van der Waals surface area contributed by atoms with Crippen LogP contribution in [0.25, 0.3) is 0 Å². The Morgan fingerprint density at radius 2 is 2.00 bits per heavy atom. The summed E-state index contributed by atoms with van der Waals surface area (Å²) in [5.74, 6) is -0.434. The molecule has 1 fully saturated rings. The van der Waals surface area contributed by atoms with Gasteiger partial charge in [0.15, 0.2) is 0 Å². The fraction of sp³-hybridized carbons (Fsp3) is 0.667. The third-order valence-electron chi connectivity index (χ3n) is 3.39. The molecule has 0 radical (unpaired) electrons. The van der Waals surface area contributed by atoms with Crippen molar-refractivity contribution in [3.8, 4) is 0 Å². The molecule has 0 atom stereocenters. The van der Waals surface area contributed by atoms with E-state index in [4.69, 9.17) is 5.11 Å². The molecule has 4 heteroatoms. The highest BCUT2D eigenvalue weighted by molar-refractivity contribution is 5.85. The lowest BCUT2D eigenvalue weighted by Crippen LogP contribution is -2.05. The second-order valence-electron chi connectivity index (χ2n) is 4.57. The molecule has 0 aliphatic heterocycles. The lowest BCUT2D eigenvalue weighted by atomic mass is 9.96. The Labute approximate surface area is 95.3 Å². The average Bonchev–Trinajstić information content (AvgIpc) is 2.50. The minimum atomic E-state index is -0.894. The number of hydrogen-bond acceptors (Lipinski definition) is 2. The largest absolute Gasteiger partial charge is 0.477 e. The summed E-state index contributed by atoms with van der Waals surface area (Å²) in [6.07, 6.45) is 7.38. The van der Waals surface area contributed by atoms with Crippen LogP contribution in [0.2, 0.25) is 0 Å². The molecular weight excluding hydrogens is 204 g/mol. The van der Waals surface area contributed by atoms with Crippen LogP contribution >= 0.6 is 0 Å². The summed E-state index contributed by atoms with van der Waals surface area (Å²) in [6.45, 7) is 0. The van der Waals surface area contributed by atoms with E-state index in [-0.39, 0.29) is 0 Å². The predicted octanol–water partition coefficient (Wildman–Crippen LogP) is 2.56. The molecule has 1 N–H and O–H groups in total. The summed E-state index contributed by atoms with van der Waals surface area (Å²) in [5.41, 5.74) is 1.25. The zero-order valence-corrected chi connectivity index (χ0v) is 9.65. The molecule has 1 heterocycles. The molecule has 0 bridgehead atoms. The lowest BCUT2D eigenvalue weighted by molar-refractivity contribution is 0.0685. The van der Waals surface area contributed by atoms with Crippen molar-refractivity contribution in [3.63, 3.8) is 0 Å². The number of hydrogen-bond donors (Lipinski definition) is 1. The van der Waals surface area contributed by atoms with Crippen molar-refractivity contribution in [3.05, 3.63) is 17.5 Å². The second-order valence-corrected chi connectivity index (χ2v) is 4.57. The maximum absolute atomic E-state index is 10.9. The smallest absolute Gasteiger partial charge is 0.354 e. The number of aromatic carboxylic acids is 1. The fourth-order valence-corrected chi connectivity index (χ4v) is 2.46. The van der Waals surface area contributed by atoms with Crippen molar-refractivity contribution < 1.29 is 9.90 Å². The molecular formula is C12H18N2O2. The Morgan fingerprint density at radius 1 is 1.38 bits per heavy atom. The molecule has 88 valence electrons. The maximum atomic E-state index is 10.9. The number of carbonyl (C=O) groups is 1. The van der Waals surface area contributed by atoms with E-state index in [1.807, 2.05) is 0 Å². The quantitative estimate of drug-likeness (QED) is 0.782. The second kappa shape index (κ2) is 4.68. The van der Waals surface area contributed by atoms with Gasteiger partial charge in [0.1, 0.15) is 5.69 Å². The minimum Gasteiger partial charge on any atom is -0.477 e. The van der Waals surface area contributed by atoms with Gasteiger partial charge in [0, 0.05) is 13.0 Å². The van der Waals surface area contributed by atoms with E-state index in [1.165, 1.54) is 30.4 Å². The van der Waals surface area contributed by atoms with Crippen molar-refractivity contribution in [2.75, 3.05) is 0 Å². The van der Waals surface area contributed by atoms with Gasteiger partial charge in [-0.1, -0.05) is 25.7 Å². The highest BCUT2D eigenvalue weighted by Crippen LogP contribution is 2.30. The predicted molar refractivity (Wildman–Crippen MR) is 60.6 cm³/mol. The third-order valence-corrected chi connectivity index (χ3v) is 3.39. The summed E-state index contributed by atoms with van der Waals surface area (Å²) in [7, 11) is 1.70. The van der Waals surface area contributed by atoms with Crippen molar-refractivity contribution >= 4 is 5.97 Å². The van der Waals surface area contributed by atoms with E-state index in [9.17, 15) is 4.79 Å². The van der Waals surface area contributed by atoms with E-state index in [0.29, 0.717) is 11.6 Å². The maximum Gasteiger partial charge on any atom is 0.354 e. The molecule has 0 amide bonds. The zero-order valence-electron chi connectivity index (χ0n) is 9.65. The Hall–Kier alpha value is -1.32. The van der Waals surface area contributed by atoms with Crippen molar-refractivity contribution in [2.24, 2.45) is 7.05 Å². The molecule has 16 heavy (non-hydrogen) atoms. The number of carboxylic acids is 1. The van der Waals surface area contributed by atoms with E-state index in [0.717, 1.165) is 18.5 Å². The van der Waals surface area contributed by atoms with Gasteiger partial charge in [0.05, 0.1) is 5.69 Å². The molecule has 1 aliphatic carbocycles. The molecule has 0 unspecified atom stereocenters. The first kappa shape index (κ1) is 11.2. The van der Waals surface area contributed by atoms with E-state index >= 15 is 0 Å². The number of rotatable bonds is 2. The van der Waals surface area contributed by atoms with Gasteiger partial charge < -0.3 is 5.11 Å². The highest BCUT2D eigenvalue weighted by atomic mass is 16.4. The molecule has 1 saturated carbocycles. The van der Waals surface area contributed by atoms with Gasteiger partial charge in [0.25, 0.3) is 0 Å². The van der Waals surface area contributed by atoms with Gasteiger partial charge in [-0.05, 0) is 18.9 Å². The van der Waals surface area contributed by atoms with Gasteiger partial charge in [-0.2, -0.15) is 5.10 Å². The van der Waals surface area contributed by atoms with E-state index < -0.39 is 5.97 Å². The SMILES string of the molecule is Cn1nc(C2CCCCCC2)cc1C(=O)O. The molecule has 2 rings (SSSR count). The molecule has 1 aromatic heterocycles. The van der Waals surface area contributed by atoms with Crippen LogP contribution in [0.4, 0.5) is 0 Å². The van der Waals surface area contributed by atoms with Gasteiger partial charge in [0.2, 0.25) is 0 Å². The molecule has 4 nitrogen and oxygen atoms in total. The first-order chi connectivity index (χ1) is 7.68. The summed E-state index contributed by atoms with van der Waals surface area (Å²) >= 11 is 0. The number of nitrogens with zero attached hydrogens (tertiary/aromatic N) is 2. The summed E-state index contributed by atoms with van der Waals surface area (Å²) in [6, 6.07) is 1.73. The van der Waals surface area contributed by atoms with Crippen LogP contribution in [0.1, 0.15) is 60.6 Å². The van der Waals surface area contributed by atoms with Crippen molar-refractivity contribution in [1.29, 1.82) is 0 Å². The third kappa shape index (κ3) is 2.26. The van der Waals surface area contributed by atoms with Crippen LogP contribution in [0.3, 0.4) is 0 Å². The normalized spacial score (nSPS) is 18.3. The van der Waals surface area contributed by atoms with Crippen molar-refractivity contribution in [1.82, 2.24) is 9.78 Å². The monoisotopic (exact) mass is 222 g/mol. The van der Waals surface area contributed by atoms with Crippen LogP contribution in [0.5, 0.6) is 0 Å². The summed E-state index contributed by atoms with van der Waals surface area (Å²) in [5, 5.41) is 13.3. The Bertz CT molecular complexity index is 376. The number of aryl methyl sites for hydroxylation is 1. The first-order valence-corrected chi connectivity index (χ1v) is 5.95. The highest BCUT2D eigenvalue weighted by Gasteiger charge is 2.20. The average molecular weight is 222 g/mol. The van der Waals surface area contributed by atoms with Crippen LogP contribution in [-0.4, -0.2) is 20.9 Å². The molecule has 1 aromatic rings. The first-order valence-electron chi connectivity index (χ1n) is 5.95. The Morgan fingerprint density at radius 3 is 2.50 bits per heavy atom. The van der Waals surface area contributed by atoms with Crippen LogP contribution in [0, 0.1) is 0 Å². The van der Waals surface area contributed by atoms with Gasteiger partial charge in [-0.25, -0.2) is 4.79 Å². The van der Waals surface area contributed by atoms with Crippen molar-refractivity contribution in [2.45, 2.75) is 44.4 Å². The molecule has 0 spiro atoms. The molecule has 1 aliphatic rings. The van der Waals surface area contributed by atoms with Crippen LogP contribution in [0.15, 0.2) is 6.07 Å².